The minimum absolute atomic E-state index is 0.164. The molecule has 0 radical (unpaired) electrons. The molecule has 0 unspecified atom stereocenters. The van der Waals surface area contributed by atoms with Crippen LogP contribution in [0.4, 0.5) is 0 Å². The summed E-state index contributed by atoms with van der Waals surface area (Å²) in [6, 6.07) is 8.49. The van der Waals surface area contributed by atoms with E-state index in [-0.39, 0.29) is 6.10 Å². The van der Waals surface area contributed by atoms with Crippen LogP contribution in [0, 0.1) is 19.8 Å². The molecule has 0 spiro atoms. The molecule has 2 aromatic rings. The Morgan fingerprint density at radius 3 is 2.78 bits per heavy atom. The third-order valence-electron chi connectivity index (χ3n) is 4.53. The van der Waals surface area contributed by atoms with Gasteiger partial charge in [0, 0.05) is 43.2 Å². The SMILES string of the molecule is Cc1cccc(C2=NO[C@H]3CN(Cc4cnc(C)nc4)C[C@@H]23)c1. The maximum absolute atomic E-state index is 5.69. The van der Waals surface area contributed by atoms with E-state index in [1.165, 1.54) is 11.1 Å². The van der Waals surface area contributed by atoms with Crippen LogP contribution in [0.3, 0.4) is 0 Å². The Kier molecular flexibility index (Phi) is 3.58. The number of fused-ring (bicyclic) bond motifs is 1. The lowest BCUT2D eigenvalue weighted by molar-refractivity contribution is 0.0745. The number of likely N-dealkylation sites (tertiary alicyclic amines) is 1. The summed E-state index contributed by atoms with van der Waals surface area (Å²) in [5, 5.41) is 4.35. The molecule has 2 atom stereocenters. The average Bonchev–Trinajstić information content (AvgIpc) is 3.09. The van der Waals surface area contributed by atoms with Crippen molar-refractivity contribution in [2.75, 3.05) is 13.1 Å². The van der Waals surface area contributed by atoms with Gasteiger partial charge in [0.15, 0.2) is 0 Å². The first-order valence-electron chi connectivity index (χ1n) is 7.99. The zero-order valence-electron chi connectivity index (χ0n) is 13.4. The van der Waals surface area contributed by atoms with Gasteiger partial charge in [-0.3, -0.25) is 4.90 Å². The highest BCUT2D eigenvalue weighted by atomic mass is 16.6. The normalized spacial score (nSPS) is 23.5. The molecule has 5 nitrogen and oxygen atoms in total. The fraction of sp³-hybridized carbons (Fsp3) is 0.389. The Morgan fingerprint density at radius 2 is 2.00 bits per heavy atom. The van der Waals surface area contributed by atoms with E-state index < -0.39 is 0 Å². The number of nitrogens with zero attached hydrogens (tertiary/aromatic N) is 4. The molecular formula is C18H20N4O. The molecule has 0 N–H and O–H groups in total. The standard InChI is InChI=1S/C18H20N4O/c1-12-4-3-5-15(6-12)18-16-10-22(11-17(16)23-21-18)9-14-7-19-13(2)20-8-14/h3-8,16-17H,9-11H2,1-2H3/t16-,17+/m1/s1. The van der Waals surface area contributed by atoms with Crippen molar-refractivity contribution in [3.8, 4) is 0 Å². The van der Waals surface area contributed by atoms with Crippen LogP contribution in [0.5, 0.6) is 0 Å². The highest BCUT2D eigenvalue weighted by Crippen LogP contribution is 2.31. The van der Waals surface area contributed by atoms with Gasteiger partial charge in [-0.05, 0) is 13.8 Å². The topological polar surface area (TPSA) is 50.6 Å². The summed E-state index contributed by atoms with van der Waals surface area (Å²) in [6.07, 6.45) is 3.98. The van der Waals surface area contributed by atoms with Gasteiger partial charge in [-0.25, -0.2) is 9.97 Å². The molecule has 23 heavy (non-hydrogen) atoms. The first kappa shape index (κ1) is 14.3. The monoisotopic (exact) mass is 308 g/mol. The predicted octanol–water partition coefficient (Wildman–Crippen LogP) is 2.33. The Balaban J connectivity index is 1.47. The van der Waals surface area contributed by atoms with Crippen molar-refractivity contribution >= 4 is 5.71 Å². The number of hydrogen-bond acceptors (Lipinski definition) is 5. The van der Waals surface area contributed by atoms with Gasteiger partial charge in [0.2, 0.25) is 0 Å². The summed E-state index contributed by atoms with van der Waals surface area (Å²) in [7, 11) is 0. The molecule has 1 aromatic heterocycles. The molecule has 0 saturated carbocycles. The minimum atomic E-state index is 0.164. The molecule has 0 aliphatic carbocycles. The van der Waals surface area contributed by atoms with Crippen molar-refractivity contribution in [3.63, 3.8) is 0 Å². The van der Waals surface area contributed by atoms with Gasteiger partial charge in [-0.1, -0.05) is 35.0 Å². The molecule has 4 rings (SSSR count). The van der Waals surface area contributed by atoms with Crippen LogP contribution in [0.1, 0.15) is 22.5 Å². The largest absolute Gasteiger partial charge is 0.390 e. The molecule has 118 valence electrons. The van der Waals surface area contributed by atoms with Crippen LogP contribution >= 0.6 is 0 Å². The van der Waals surface area contributed by atoms with Crippen molar-refractivity contribution in [1.29, 1.82) is 0 Å². The molecule has 2 aliphatic heterocycles. The van der Waals surface area contributed by atoms with Crippen LogP contribution in [-0.2, 0) is 11.4 Å². The van der Waals surface area contributed by atoms with Crippen LogP contribution < -0.4 is 0 Å². The van der Waals surface area contributed by atoms with E-state index in [1.807, 2.05) is 19.3 Å². The third-order valence-corrected chi connectivity index (χ3v) is 4.53. The van der Waals surface area contributed by atoms with Gasteiger partial charge in [-0.15, -0.1) is 0 Å². The Morgan fingerprint density at radius 1 is 1.17 bits per heavy atom. The zero-order valence-corrected chi connectivity index (χ0v) is 13.4. The first-order valence-corrected chi connectivity index (χ1v) is 7.99. The van der Waals surface area contributed by atoms with E-state index in [1.54, 1.807) is 0 Å². The van der Waals surface area contributed by atoms with Crippen LogP contribution in [0.15, 0.2) is 41.8 Å². The van der Waals surface area contributed by atoms with Gasteiger partial charge >= 0.3 is 0 Å². The third kappa shape index (κ3) is 2.84. The fourth-order valence-electron chi connectivity index (χ4n) is 3.37. The maximum atomic E-state index is 5.69. The summed E-state index contributed by atoms with van der Waals surface area (Å²) in [5.74, 6) is 1.16. The van der Waals surface area contributed by atoms with E-state index in [4.69, 9.17) is 4.84 Å². The van der Waals surface area contributed by atoms with Gasteiger partial charge in [0.05, 0.1) is 11.6 Å². The highest BCUT2D eigenvalue weighted by Gasteiger charge is 2.42. The lowest BCUT2D eigenvalue weighted by atomic mass is 9.94. The Labute approximate surface area is 136 Å². The van der Waals surface area contributed by atoms with E-state index in [0.717, 1.165) is 36.7 Å². The fourth-order valence-corrected chi connectivity index (χ4v) is 3.37. The lowest BCUT2D eigenvalue weighted by Crippen LogP contribution is -2.23. The summed E-state index contributed by atoms with van der Waals surface area (Å²) < 4.78 is 0. The van der Waals surface area contributed by atoms with Crippen molar-refractivity contribution in [1.82, 2.24) is 14.9 Å². The van der Waals surface area contributed by atoms with Crippen molar-refractivity contribution in [3.05, 3.63) is 59.2 Å². The number of hydrogen-bond donors (Lipinski definition) is 0. The second-order valence-electron chi connectivity index (χ2n) is 6.43. The summed E-state index contributed by atoms with van der Waals surface area (Å²) >= 11 is 0. The van der Waals surface area contributed by atoms with Crippen LogP contribution in [0.25, 0.3) is 0 Å². The average molecular weight is 308 g/mol. The quantitative estimate of drug-likeness (QED) is 0.873. The number of rotatable bonds is 3. The highest BCUT2D eigenvalue weighted by molar-refractivity contribution is 6.03. The van der Waals surface area contributed by atoms with Crippen LogP contribution in [0.2, 0.25) is 0 Å². The second-order valence-corrected chi connectivity index (χ2v) is 6.43. The van der Waals surface area contributed by atoms with Gasteiger partial charge in [0.1, 0.15) is 11.9 Å². The van der Waals surface area contributed by atoms with Crippen LogP contribution in [-0.4, -0.2) is 39.8 Å². The lowest BCUT2D eigenvalue weighted by Gasteiger charge is -2.16. The first-order chi connectivity index (χ1) is 11.2. The summed E-state index contributed by atoms with van der Waals surface area (Å²) in [4.78, 5) is 16.6. The Bertz CT molecular complexity index is 741. The molecule has 0 bridgehead atoms. The summed E-state index contributed by atoms with van der Waals surface area (Å²) in [5.41, 5.74) is 4.66. The number of oxime groups is 1. The molecule has 1 aromatic carbocycles. The smallest absolute Gasteiger partial charge is 0.149 e. The van der Waals surface area contributed by atoms with Crippen molar-refractivity contribution in [2.45, 2.75) is 26.5 Å². The summed E-state index contributed by atoms with van der Waals surface area (Å²) in [6.45, 7) is 6.73. The zero-order chi connectivity index (χ0) is 15.8. The van der Waals surface area contributed by atoms with Gasteiger partial charge in [0.25, 0.3) is 0 Å². The van der Waals surface area contributed by atoms with E-state index >= 15 is 0 Å². The van der Waals surface area contributed by atoms with Gasteiger partial charge < -0.3 is 4.84 Å². The minimum Gasteiger partial charge on any atom is -0.390 e. The molecule has 1 fully saturated rings. The molecule has 5 heteroatoms. The number of aryl methyl sites for hydroxylation is 2. The van der Waals surface area contributed by atoms with Crippen molar-refractivity contribution in [2.24, 2.45) is 11.1 Å². The van der Waals surface area contributed by atoms with Gasteiger partial charge in [-0.2, -0.15) is 0 Å². The Hall–Kier alpha value is -2.27. The molecule has 2 aliphatic rings. The molecular weight excluding hydrogens is 288 g/mol. The predicted molar refractivity (Wildman–Crippen MR) is 88.1 cm³/mol. The number of benzene rings is 1. The molecule has 3 heterocycles. The van der Waals surface area contributed by atoms with E-state index in [9.17, 15) is 0 Å². The van der Waals surface area contributed by atoms with Crippen molar-refractivity contribution < 1.29 is 4.84 Å². The van der Waals surface area contributed by atoms with E-state index in [0.29, 0.717) is 5.92 Å². The maximum Gasteiger partial charge on any atom is 0.149 e. The number of aromatic nitrogens is 2. The molecule has 1 saturated heterocycles. The molecule has 0 amide bonds. The second kappa shape index (κ2) is 5.74. The van der Waals surface area contributed by atoms with E-state index in [2.05, 4.69) is 51.2 Å².